The van der Waals surface area contributed by atoms with Crippen LogP contribution >= 0.6 is 0 Å². The van der Waals surface area contributed by atoms with Gasteiger partial charge in [0.2, 0.25) is 17.7 Å². The third kappa shape index (κ3) is 5.17. The van der Waals surface area contributed by atoms with Crippen molar-refractivity contribution in [2.75, 3.05) is 26.2 Å². The number of amides is 4. The molecule has 0 radical (unpaired) electrons. The van der Waals surface area contributed by atoms with Gasteiger partial charge < -0.3 is 20.9 Å². The Morgan fingerprint density at radius 3 is 2.63 bits per heavy atom. The Kier molecular flexibility index (Phi) is 7.07. The molecule has 2 heterocycles. The maximum atomic E-state index is 13.0. The van der Waals surface area contributed by atoms with Gasteiger partial charge in [-0.1, -0.05) is 6.07 Å². The van der Waals surface area contributed by atoms with Crippen molar-refractivity contribution in [3.8, 4) is 0 Å². The molecule has 0 bridgehead atoms. The summed E-state index contributed by atoms with van der Waals surface area (Å²) >= 11 is 0. The predicted octanol–water partition coefficient (Wildman–Crippen LogP) is 1.15. The highest BCUT2D eigenvalue weighted by Crippen LogP contribution is 2.22. The van der Waals surface area contributed by atoms with E-state index in [2.05, 4.69) is 5.32 Å². The van der Waals surface area contributed by atoms with Crippen molar-refractivity contribution in [2.45, 2.75) is 45.1 Å². The molecular formula is C22H30N4O4. The molecule has 2 aliphatic heterocycles. The smallest absolute Gasteiger partial charge is 0.251 e. The number of nitrogens with two attached hydrogens (primary N) is 1. The Morgan fingerprint density at radius 2 is 1.90 bits per heavy atom. The lowest BCUT2D eigenvalue weighted by Crippen LogP contribution is -2.47. The lowest BCUT2D eigenvalue weighted by Gasteiger charge is -2.34. The van der Waals surface area contributed by atoms with E-state index >= 15 is 0 Å². The number of hydrogen-bond acceptors (Lipinski definition) is 4. The second-order valence-electron chi connectivity index (χ2n) is 8.04. The van der Waals surface area contributed by atoms with Crippen molar-refractivity contribution in [3.63, 3.8) is 0 Å². The maximum absolute atomic E-state index is 13.0. The van der Waals surface area contributed by atoms with Crippen molar-refractivity contribution in [1.82, 2.24) is 15.1 Å². The first-order chi connectivity index (χ1) is 14.4. The fourth-order valence-electron chi connectivity index (χ4n) is 4.22. The van der Waals surface area contributed by atoms with Crippen LogP contribution < -0.4 is 11.1 Å². The zero-order chi connectivity index (χ0) is 21.7. The van der Waals surface area contributed by atoms with Gasteiger partial charge in [0.15, 0.2) is 0 Å². The second-order valence-corrected chi connectivity index (χ2v) is 8.04. The molecule has 2 fully saturated rings. The van der Waals surface area contributed by atoms with Crippen LogP contribution in [0.1, 0.15) is 59.7 Å². The van der Waals surface area contributed by atoms with Crippen LogP contribution in [-0.4, -0.2) is 65.6 Å². The molecule has 2 saturated heterocycles. The van der Waals surface area contributed by atoms with Crippen LogP contribution in [0.4, 0.5) is 0 Å². The minimum Gasteiger partial charge on any atom is -0.366 e. The van der Waals surface area contributed by atoms with Crippen molar-refractivity contribution in [2.24, 2.45) is 11.7 Å². The summed E-state index contributed by atoms with van der Waals surface area (Å²) in [5.41, 5.74) is 5.98. The van der Waals surface area contributed by atoms with Crippen molar-refractivity contribution >= 4 is 23.6 Å². The molecule has 2 aliphatic rings. The summed E-state index contributed by atoms with van der Waals surface area (Å²) in [5, 5.41) is 3.02. The van der Waals surface area contributed by atoms with E-state index < -0.39 is 5.91 Å². The molecule has 8 nitrogen and oxygen atoms in total. The van der Waals surface area contributed by atoms with E-state index in [0.29, 0.717) is 56.6 Å². The summed E-state index contributed by atoms with van der Waals surface area (Å²) in [6.45, 7) is 4.32. The summed E-state index contributed by atoms with van der Waals surface area (Å²) in [6.07, 6.45) is 3.31. The summed E-state index contributed by atoms with van der Waals surface area (Å²) in [5.74, 6) is -0.709. The number of benzene rings is 1. The van der Waals surface area contributed by atoms with Crippen LogP contribution in [0.25, 0.3) is 0 Å². The number of carbonyl (C=O) groups excluding carboxylic acids is 4. The Labute approximate surface area is 176 Å². The van der Waals surface area contributed by atoms with Gasteiger partial charge in [0.25, 0.3) is 5.91 Å². The number of primary amides is 1. The van der Waals surface area contributed by atoms with Crippen molar-refractivity contribution in [1.29, 1.82) is 0 Å². The summed E-state index contributed by atoms with van der Waals surface area (Å²) in [6, 6.07) is 6.32. The molecule has 2 unspecified atom stereocenters. The third-order valence-electron chi connectivity index (χ3n) is 6.02. The molecule has 162 valence electrons. The molecule has 3 rings (SSSR count). The number of hydrogen-bond donors (Lipinski definition) is 2. The Hall–Kier alpha value is -2.90. The third-order valence-corrected chi connectivity index (χ3v) is 6.02. The number of piperidine rings is 1. The highest BCUT2D eigenvalue weighted by atomic mass is 16.2. The van der Waals surface area contributed by atoms with E-state index in [-0.39, 0.29) is 29.7 Å². The van der Waals surface area contributed by atoms with E-state index in [4.69, 9.17) is 5.73 Å². The first-order valence-electron chi connectivity index (χ1n) is 10.7. The van der Waals surface area contributed by atoms with Gasteiger partial charge in [0.1, 0.15) is 0 Å². The molecule has 0 saturated carbocycles. The minimum absolute atomic E-state index is 0.0346. The zero-order valence-electron chi connectivity index (χ0n) is 17.4. The van der Waals surface area contributed by atoms with E-state index in [1.807, 2.05) is 11.8 Å². The van der Waals surface area contributed by atoms with Gasteiger partial charge in [-0.05, 0) is 50.8 Å². The van der Waals surface area contributed by atoms with Gasteiger partial charge in [0, 0.05) is 49.8 Å². The number of rotatable bonds is 5. The number of nitrogens with one attached hydrogen (secondary N) is 1. The average molecular weight is 415 g/mol. The van der Waals surface area contributed by atoms with Crippen LogP contribution in [0.3, 0.4) is 0 Å². The molecule has 3 N–H and O–H groups in total. The normalized spacial score (nSPS) is 22.4. The average Bonchev–Trinajstić information content (AvgIpc) is 2.99. The van der Waals surface area contributed by atoms with E-state index in [1.165, 1.54) is 6.07 Å². The molecule has 30 heavy (non-hydrogen) atoms. The molecule has 2 atom stereocenters. The van der Waals surface area contributed by atoms with Crippen molar-refractivity contribution < 1.29 is 19.2 Å². The highest BCUT2D eigenvalue weighted by Gasteiger charge is 2.33. The zero-order valence-corrected chi connectivity index (χ0v) is 17.4. The van der Waals surface area contributed by atoms with Crippen LogP contribution in [-0.2, 0) is 9.59 Å². The van der Waals surface area contributed by atoms with Crippen LogP contribution in [0.2, 0.25) is 0 Å². The predicted molar refractivity (Wildman–Crippen MR) is 112 cm³/mol. The summed E-state index contributed by atoms with van der Waals surface area (Å²) in [7, 11) is 0. The van der Waals surface area contributed by atoms with Gasteiger partial charge in [-0.25, -0.2) is 0 Å². The molecule has 0 spiro atoms. The van der Waals surface area contributed by atoms with Gasteiger partial charge in [-0.3, -0.25) is 19.2 Å². The maximum Gasteiger partial charge on any atom is 0.251 e. The standard InChI is InChI=1S/C22H30N4O4/c1-2-25-14-17(8-9-19(25)27)22(30)26-11-4-7-18(10-12-26)24-21(29)16-6-3-5-15(13-16)20(23)28/h3,5-6,13,17-18H,2,4,7-12,14H2,1H3,(H2,23,28)(H,24,29). The molecule has 1 aromatic rings. The van der Waals surface area contributed by atoms with Crippen molar-refractivity contribution in [3.05, 3.63) is 35.4 Å². The molecule has 4 amide bonds. The second kappa shape index (κ2) is 9.73. The monoisotopic (exact) mass is 414 g/mol. The first-order valence-corrected chi connectivity index (χ1v) is 10.7. The summed E-state index contributed by atoms with van der Waals surface area (Å²) in [4.78, 5) is 52.4. The molecule has 8 heteroatoms. The van der Waals surface area contributed by atoms with Crippen LogP contribution in [0.5, 0.6) is 0 Å². The van der Waals surface area contributed by atoms with E-state index in [1.54, 1.807) is 23.1 Å². The highest BCUT2D eigenvalue weighted by molar-refractivity contribution is 5.99. The molecule has 0 aliphatic carbocycles. The lowest BCUT2D eigenvalue weighted by molar-refractivity contribution is -0.142. The molecule has 1 aromatic carbocycles. The van der Waals surface area contributed by atoms with E-state index in [9.17, 15) is 19.2 Å². The van der Waals surface area contributed by atoms with Gasteiger partial charge in [-0.15, -0.1) is 0 Å². The Bertz CT molecular complexity index is 825. The Balaban J connectivity index is 1.55. The minimum atomic E-state index is -0.570. The number of nitrogens with zero attached hydrogens (tertiary/aromatic N) is 2. The Morgan fingerprint density at radius 1 is 1.13 bits per heavy atom. The van der Waals surface area contributed by atoms with Gasteiger partial charge in [-0.2, -0.15) is 0 Å². The summed E-state index contributed by atoms with van der Waals surface area (Å²) < 4.78 is 0. The van der Waals surface area contributed by atoms with Crippen LogP contribution in [0, 0.1) is 5.92 Å². The number of likely N-dealkylation sites (tertiary alicyclic amines) is 2. The number of carbonyl (C=O) groups is 4. The van der Waals surface area contributed by atoms with Crippen LogP contribution in [0.15, 0.2) is 24.3 Å². The molecular weight excluding hydrogens is 384 g/mol. The SMILES string of the molecule is CCN1CC(C(=O)N2CCCC(NC(=O)c3cccc(C(N)=O)c3)CC2)CCC1=O. The lowest BCUT2D eigenvalue weighted by atomic mass is 9.96. The van der Waals surface area contributed by atoms with Gasteiger partial charge in [0.05, 0.1) is 5.92 Å². The first kappa shape index (κ1) is 21.8. The van der Waals surface area contributed by atoms with E-state index in [0.717, 1.165) is 12.8 Å². The fraction of sp³-hybridized carbons (Fsp3) is 0.545. The van der Waals surface area contributed by atoms with Gasteiger partial charge >= 0.3 is 0 Å². The topological polar surface area (TPSA) is 113 Å². The largest absolute Gasteiger partial charge is 0.366 e. The molecule has 0 aromatic heterocycles. The fourth-order valence-corrected chi connectivity index (χ4v) is 4.22. The quantitative estimate of drug-likeness (QED) is 0.753.